The summed E-state index contributed by atoms with van der Waals surface area (Å²) in [6, 6.07) is 10.7. The Morgan fingerprint density at radius 3 is 2.67 bits per heavy atom. The van der Waals surface area contributed by atoms with Crippen molar-refractivity contribution < 1.29 is 4.79 Å². The van der Waals surface area contributed by atoms with Crippen molar-refractivity contribution in [1.29, 1.82) is 0 Å². The first-order valence-electron chi connectivity index (χ1n) is 7.17. The van der Waals surface area contributed by atoms with E-state index in [1.807, 2.05) is 18.2 Å². The van der Waals surface area contributed by atoms with Gasteiger partial charge in [-0.05, 0) is 47.2 Å². The summed E-state index contributed by atoms with van der Waals surface area (Å²) in [6.45, 7) is 2.06. The van der Waals surface area contributed by atoms with E-state index in [1.54, 1.807) is 30.0 Å². The van der Waals surface area contributed by atoms with Gasteiger partial charge in [0.1, 0.15) is 0 Å². The van der Waals surface area contributed by atoms with Crippen molar-refractivity contribution in [3.63, 3.8) is 0 Å². The zero-order valence-corrected chi connectivity index (χ0v) is 15.9. The van der Waals surface area contributed by atoms with Crippen LogP contribution in [0.1, 0.15) is 18.1 Å². The highest BCUT2D eigenvalue weighted by Crippen LogP contribution is 2.26. The summed E-state index contributed by atoms with van der Waals surface area (Å²) >= 11 is 19.5. The van der Waals surface area contributed by atoms with E-state index < -0.39 is 0 Å². The lowest BCUT2D eigenvalue weighted by molar-refractivity contribution is -0.120. The fourth-order valence-electron chi connectivity index (χ4n) is 1.97. The maximum atomic E-state index is 12.1. The summed E-state index contributed by atoms with van der Waals surface area (Å²) in [5.41, 5.74) is 4.14. The molecule has 0 fully saturated rings. The van der Waals surface area contributed by atoms with Crippen LogP contribution in [-0.4, -0.2) is 17.9 Å². The molecule has 2 aromatic carbocycles. The second kappa shape index (κ2) is 9.33. The number of halogens is 3. The topological polar surface area (TPSA) is 41.5 Å². The predicted octanol–water partition coefficient (Wildman–Crippen LogP) is 5.45. The molecule has 24 heavy (non-hydrogen) atoms. The lowest BCUT2D eigenvalue weighted by Gasteiger charge is -2.08. The molecular formula is C17H15Cl3N2OS. The Bertz CT molecular complexity index is 765. The monoisotopic (exact) mass is 400 g/mol. The van der Waals surface area contributed by atoms with Crippen molar-refractivity contribution in [3.8, 4) is 0 Å². The summed E-state index contributed by atoms with van der Waals surface area (Å²) in [6.07, 6.45) is 1.72. The van der Waals surface area contributed by atoms with E-state index in [-0.39, 0.29) is 12.3 Å². The molecule has 126 valence electrons. The molecule has 1 amide bonds. The smallest absolute Gasteiger partial charge is 0.244 e. The van der Waals surface area contributed by atoms with Crippen molar-refractivity contribution in [2.24, 2.45) is 5.10 Å². The molecule has 2 aromatic rings. The van der Waals surface area contributed by atoms with Gasteiger partial charge in [0.05, 0.1) is 22.7 Å². The number of nitrogens with zero attached hydrogens (tertiary/aromatic N) is 1. The number of hydrogen-bond acceptors (Lipinski definition) is 3. The molecule has 0 saturated heterocycles. The number of nitrogens with one attached hydrogen (secondary N) is 1. The van der Waals surface area contributed by atoms with E-state index in [2.05, 4.69) is 17.5 Å². The second-order valence-corrected chi connectivity index (χ2v) is 7.39. The highest BCUT2D eigenvalue weighted by molar-refractivity contribution is 7.99. The summed E-state index contributed by atoms with van der Waals surface area (Å²) in [5.74, 6) is 0.706. The summed E-state index contributed by atoms with van der Waals surface area (Å²) in [7, 11) is 0. The third kappa shape index (κ3) is 5.71. The van der Waals surface area contributed by atoms with Gasteiger partial charge in [-0.25, -0.2) is 5.43 Å². The lowest BCUT2D eigenvalue weighted by atomic mass is 10.1. The van der Waals surface area contributed by atoms with Crippen LogP contribution in [0.4, 0.5) is 0 Å². The minimum absolute atomic E-state index is 0.210. The van der Waals surface area contributed by atoms with Crippen LogP contribution >= 0.6 is 46.6 Å². The summed E-state index contributed by atoms with van der Waals surface area (Å²) in [5, 5.41) is 5.46. The largest absolute Gasteiger partial charge is 0.273 e. The van der Waals surface area contributed by atoms with Crippen LogP contribution in [0.5, 0.6) is 0 Å². The van der Waals surface area contributed by atoms with Crippen molar-refractivity contribution >= 4 is 58.7 Å². The normalized spacial score (nSPS) is 11.0. The minimum Gasteiger partial charge on any atom is -0.273 e. The van der Waals surface area contributed by atoms with Crippen LogP contribution in [0.15, 0.2) is 46.4 Å². The number of thioether (sulfide) groups is 1. The van der Waals surface area contributed by atoms with Crippen molar-refractivity contribution in [2.75, 3.05) is 5.75 Å². The Labute approximate surface area is 160 Å². The Hall–Kier alpha value is -1.20. The predicted molar refractivity (Wildman–Crippen MR) is 104 cm³/mol. The highest BCUT2D eigenvalue weighted by atomic mass is 35.5. The lowest BCUT2D eigenvalue weighted by Crippen LogP contribution is -2.20. The molecule has 0 aliphatic carbocycles. The molecule has 0 saturated carbocycles. The number of hydrazone groups is 1. The molecule has 0 radical (unpaired) electrons. The van der Waals surface area contributed by atoms with Gasteiger partial charge in [0.25, 0.3) is 0 Å². The first-order chi connectivity index (χ1) is 11.5. The van der Waals surface area contributed by atoms with Crippen LogP contribution in [0.3, 0.4) is 0 Å². The first-order valence-corrected chi connectivity index (χ1v) is 9.29. The zero-order valence-electron chi connectivity index (χ0n) is 12.9. The third-order valence-electron chi connectivity index (χ3n) is 3.02. The van der Waals surface area contributed by atoms with Crippen LogP contribution in [0.25, 0.3) is 0 Å². The quantitative estimate of drug-likeness (QED) is 0.397. The molecule has 3 nitrogen and oxygen atoms in total. The minimum atomic E-state index is -0.216. The van der Waals surface area contributed by atoms with Gasteiger partial charge in [0, 0.05) is 9.92 Å². The molecular weight excluding hydrogens is 387 g/mol. The van der Waals surface area contributed by atoms with Crippen molar-refractivity contribution in [1.82, 2.24) is 5.43 Å². The van der Waals surface area contributed by atoms with E-state index in [4.69, 9.17) is 34.8 Å². The number of rotatable bonds is 6. The standard InChI is InChI=1S/C17H15Cl3N2OS/c1-2-24-16-6-4-13(18)8-12(16)9-17(23)22-21-10-11-3-5-14(19)15(20)7-11/h3-8,10H,2,9H2,1H3,(H,22,23)/b21-10-. The maximum Gasteiger partial charge on any atom is 0.244 e. The Morgan fingerprint density at radius 1 is 1.17 bits per heavy atom. The SMILES string of the molecule is CCSc1ccc(Cl)cc1CC(=O)N/N=C\c1ccc(Cl)c(Cl)c1. The van der Waals surface area contributed by atoms with Gasteiger partial charge in [0.2, 0.25) is 5.91 Å². The molecule has 1 N–H and O–H groups in total. The highest BCUT2D eigenvalue weighted by Gasteiger charge is 2.08. The van der Waals surface area contributed by atoms with Gasteiger partial charge in [-0.15, -0.1) is 11.8 Å². The van der Waals surface area contributed by atoms with Gasteiger partial charge < -0.3 is 0 Å². The van der Waals surface area contributed by atoms with Crippen LogP contribution in [-0.2, 0) is 11.2 Å². The second-order valence-electron chi connectivity index (χ2n) is 4.83. The molecule has 7 heteroatoms. The van der Waals surface area contributed by atoms with E-state index in [1.165, 1.54) is 6.21 Å². The van der Waals surface area contributed by atoms with Gasteiger partial charge in [0.15, 0.2) is 0 Å². The van der Waals surface area contributed by atoms with E-state index in [0.29, 0.717) is 15.1 Å². The first kappa shape index (κ1) is 19.1. The van der Waals surface area contributed by atoms with Gasteiger partial charge in [-0.2, -0.15) is 5.10 Å². The molecule has 0 aliphatic heterocycles. The number of carbonyl (C=O) groups excluding carboxylic acids is 1. The van der Waals surface area contributed by atoms with Crippen LogP contribution in [0, 0.1) is 0 Å². The average molecular weight is 402 g/mol. The number of amides is 1. The third-order valence-corrected chi connectivity index (χ3v) is 4.99. The molecule has 0 heterocycles. The number of hydrogen-bond donors (Lipinski definition) is 1. The van der Waals surface area contributed by atoms with Crippen LogP contribution in [0.2, 0.25) is 15.1 Å². The Morgan fingerprint density at radius 2 is 1.96 bits per heavy atom. The summed E-state index contributed by atoms with van der Waals surface area (Å²) < 4.78 is 0. The fraction of sp³-hybridized carbons (Fsp3) is 0.176. The average Bonchev–Trinajstić information content (AvgIpc) is 2.53. The fourth-order valence-corrected chi connectivity index (χ4v) is 3.26. The molecule has 0 atom stereocenters. The maximum absolute atomic E-state index is 12.1. The summed E-state index contributed by atoms with van der Waals surface area (Å²) in [4.78, 5) is 13.1. The van der Waals surface area contributed by atoms with E-state index in [9.17, 15) is 4.79 Å². The molecule has 0 aliphatic rings. The number of benzene rings is 2. The van der Waals surface area contributed by atoms with Gasteiger partial charge in [-0.1, -0.05) is 47.8 Å². The van der Waals surface area contributed by atoms with Crippen molar-refractivity contribution in [3.05, 3.63) is 62.6 Å². The van der Waals surface area contributed by atoms with E-state index in [0.717, 1.165) is 21.8 Å². The van der Waals surface area contributed by atoms with Crippen molar-refractivity contribution in [2.45, 2.75) is 18.2 Å². The molecule has 0 aromatic heterocycles. The number of carbonyl (C=O) groups is 1. The Balaban J connectivity index is 1.99. The van der Waals surface area contributed by atoms with Gasteiger partial charge in [-0.3, -0.25) is 4.79 Å². The molecule has 0 unspecified atom stereocenters. The molecule has 0 bridgehead atoms. The van der Waals surface area contributed by atoms with E-state index >= 15 is 0 Å². The van der Waals surface area contributed by atoms with Gasteiger partial charge >= 0.3 is 0 Å². The zero-order chi connectivity index (χ0) is 17.5. The Kier molecular flexibility index (Phi) is 7.43. The van der Waals surface area contributed by atoms with Crippen LogP contribution < -0.4 is 5.43 Å². The molecule has 0 spiro atoms. The molecule has 2 rings (SSSR count).